The molecule has 3 nitrogen and oxygen atoms in total. The number of halogens is 1. The van der Waals surface area contributed by atoms with E-state index in [1.165, 1.54) is 0 Å². The lowest BCUT2D eigenvalue weighted by Gasteiger charge is -2.04. The summed E-state index contributed by atoms with van der Waals surface area (Å²) in [6.07, 6.45) is 4.62. The molecule has 0 N–H and O–H groups in total. The highest BCUT2D eigenvalue weighted by Crippen LogP contribution is 2.24. The van der Waals surface area contributed by atoms with Crippen LogP contribution in [0.3, 0.4) is 0 Å². The minimum Gasteiger partial charge on any atom is -0.272 e. The van der Waals surface area contributed by atoms with Gasteiger partial charge >= 0.3 is 0 Å². The average Bonchev–Trinajstić information content (AvgIpc) is 2.78. The molecule has 2 aromatic rings. The molecule has 0 spiro atoms. The van der Waals surface area contributed by atoms with E-state index in [4.69, 9.17) is 18.2 Å². The van der Waals surface area contributed by atoms with E-state index in [0.717, 1.165) is 17.7 Å². The third-order valence-corrected chi connectivity index (χ3v) is 3.16. The number of hydrogen-bond acceptors (Lipinski definition) is 1. The quantitative estimate of drug-likeness (QED) is 0.760. The van der Waals surface area contributed by atoms with E-state index in [1.807, 2.05) is 23.1 Å². The highest BCUT2D eigenvalue weighted by Gasteiger charge is 2.06. The van der Waals surface area contributed by atoms with Crippen LogP contribution in [0.25, 0.3) is 4.85 Å². The molecule has 0 saturated carbocycles. The van der Waals surface area contributed by atoms with Crippen LogP contribution in [0, 0.1) is 12.5 Å². The van der Waals surface area contributed by atoms with Crippen molar-refractivity contribution in [3.63, 3.8) is 0 Å². The predicted molar refractivity (Wildman–Crippen MR) is 77.6 cm³/mol. The third kappa shape index (κ3) is 3.59. The molecule has 98 valence electrons. The molecule has 1 heterocycles. The van der Waals surface area contributed by atoms with Crippen LogP contribution in [0.5, 0.6) is 0 Å². The summed E-state index contributed by atoms with van der Waals surface area (Å²) in [4.78, 5) is 3.43. The number of hydrogen-bond donors (Lipinski definition) is 0. The van der Waals surface area contributed by atoms with Crippen LogP contribution in [-0.2, 0) is 13.0 Å². The Bertz CT molecular complexity index is 608. The molecule has 0 aliphatic rings. The molecule has 0 aliphatic heterocycles. The van der Waals surface area contributed by atoms with Gasteiger partial charge in [-0.15, -0.1) is 0 Å². The Morgan fingerprint density at radius 3 is 2.89 bits per heavy atom. The molecule has 1 aromatic carbocycles. The largest absolute Gasteiger partial charge is 0.272 e. The number of nitrogens with zero attached hydrogens (tertiary/aromatic N) is 3. The van der Waals surface area contributed by atoms with Crippen molar-refractivity contribution >= 4 is 17.3 Å². The fourth-order valence-electron chi connectivity index (χ4n) is 1.96. The molecule has 0 amide bonds. The minimum absolute atomic E-state index is 0.571. The van der Waals surface area contributed by atoms with Gasteiger partial charge in [-0.1, -0.05) is 43.6 Å². The van der Waals surface area contributed by atoms with Crippen molar-refractivity contribution in [1.29, 1.82) is 0 Å². The molecule has 0 aliphatic carbocycles. The van der Waals surface area contributed by atoms with Gasteiger partial charge in [-0.2, -0.15) is 5.10 Å². The fourth-order valence-corrected chi connectivity index (χ4v) is 2.14. The van der Waals surface area contributed by atoms with Crippen LogP contribution in [0.1, 0.15) is 25.0 Å². The van der Waals surface area contributed by atoms with Crippen LogP contribution in [-0.4, -0.2) is 9.78 Å². The molecule has 19 heavy (non-hydrogen) atoms. The molecular formula is C15H16ClN3. The van der Waals surface area contributed by atoms with E-state index in [0.29, 0.717) is 23.0 Å². The van der Waals surface area contributed by atoms with E-state index in [2.05, 4.69) is 23.8 Å². The van der Waals surface area contributed by atoms with Gasteiger partial charge in [0.2, 0.25) is 0 Å². The second-order valence-corrected chi connectivity index (χ2v) is 5.44. The molecule has 2 rings (SSSR count). The standard InChI is InChI=1S/C15H16ClN3/c1-11(2)9-19-10-12(8-18-19)6-13-7-14(17-3)4-5-15(13)16/h4-5,7-8,10-11H,6,9H2,1-2H3. The smallest absolute Gasteiger partial charge is 0.187 e. The number of rotatable bonds is 4. The van der Waals surface area contributed by atoms with Crippen LogP contribution in [0.4, 0.5) is 5.69 Å². The van der Waals surface area contributed by atoms with E-state index in [9.17, 15) is 0 Å². The predicted octanol–water partition coefficient (Wildman–Crippen LogP) is 4.33. The number of benzene rings is 1. The summed E-state index contributed by atoms with van der Waals surface area (Å²) in [6.45, 7) is 12.3. The van der Waals surface area contributed by atoms with E-state index in [1.54, 1.807) is 12.1 Å². The number of aromatic nitrogens is 2. The summed E-state index contributed by atoms with van der Waals surface area (Å²) in [7, 11) is 0. The third-order valence-electron chi connectivity index (χ3n) is 2.79. The van der Waals surface area contributed by atoms with Crippen molar-refractivity contribution in [1.82, 2.24) is 9.78 Å². The monoisotopic (exact) mass is 273 g/mol. The molecule has 0 unspecified atom stereocenters. The molecule has 0 fully saturated rings. The van der Waals surface area contributed by atoms with Crippen LogP contribution < -0.4 is 0 Å². The van der Waals surface area contributed by atoms with Gasteiger partial charge in [0.15, 0.2) is 5.69 Å². The van der Waals surface area contributed by atoms with E-state index < -0.39 is 0 Å². The SMILES string of the molecule is [C-]#[N+]c1ccc(Cl)c(Cc2cnn(CC(C)C)c2)c1. The first kappa shape index (κ1) is 13.6. The van der Waals surface area contributed by atoms with Gasteiger partial charge in [-0.25, -0.2) is 4.85 Å². The Labute approximate surface area is 118 Å². The van der Waals surface area contributed by atoms with E-state index >= 15 is 0 Å². The lowest BCUT2D eigenvalue weighted by Crippen LogP contribution is -2.04. The fraction of sp³-hybridized carbons (Fsp3) is 0.333. The molecular weight excluding hydrogens is 258 g/mol. The normalized spacial score (nSPS) is 10.7. The zero-order valence-corrected chi connectivity index (χ0v) is 11.9. The van der Waals surface area contributed by atoms with Gasteiger partial charge in [0.25, 0.3) is 0 Å². The maximum Gasteiger partial charge on any atom is 0.187 e. The Hall–Kier alpha value is -1.79. The summed E-state index contributed by atoms with van der Waals surface area (Å²) in [6, 6.07) is 5.36. The van der Waals surface area contributed by atoms with Gasteiger partial charge in [0.1, 0.15) is 0 Å². The molecule has 0 radical (unpaired) electrons. The Kier molecular flexibility index (Phi) is 4.24. The summed E-state index contributed by atoms with van der Waals surface area (Å²) in [5.41, 5.74) is 2.71. The van der Waals surface area contributed by atoms with Crippen molar-refractivity contribution in [3.8, 4) is 0 Å². The average molecular weight is 274 g/mol. The minimum atomic E-state index is 0.571. The molecule has 1 aromatic heterocycles. The second-order valence-electron chi connectivity index (χ2n) is 5.03. The lowest BCUT2D eigenvalue weighted by molar-refractivity contribution is 0.483. The second kappa shape index (κ2) is 5.90. The van der Waals surface area contributed by atoms with Crippen LogP contribution >= 0.6 is 11.6 Å². The summed E-state index contributed by atoms with van der Waals surface area (Å²) >= 11 is 6.16. The first-order valence-electron chi connectivity index (χ1n) is 6.25. The van der Waals surface area contributed by atoms with Gasteiger partial charge < -0.3 is 0 Å². The molecule has 0 atom stereocenters. The van der Waals surface area contributed by atoms with Gasteiger partial charge in [-0.3, -0.25) is 4.68 Å². The van der Waals surface area contributed by atoms with Crippen molar-refractivity contribution in [2.75, 3.05) is 0 Å². The molecule has 0 bridgehead atoms. The first-order valence-corrected chi connectivity index (χ1v) is 6.63. The van der Waals surface area contributed by atoms with Crippen molar-refractivity contribution < 1.29 is 0 Å². The van der Waals surface area contributed by atoms with Crippen molar-refractivity contribution in [3.05, 3.63) is 58.2 Å². The van der Waals surface area contributed by atoms with Gasteiger partial charge in [0, 0.05) is 24.2 Å². The van der Waals surface area contributed by atoms with Crippen LogP contribution in [0.2, 0.25) is 5.02 Å². The van der Waals surface area contributed by atoms with Crippen molar-refractivity contribution in [2.45, 2.75) is 26.8 Å². The summed E-state index contributed by atoms with van der Waals surface area (Å²) in [5.74, 6) is 0.571. The Balaban J connectivity index is 2.17. The maximum absolute atomic E-state index is 7.04. The Morgan fingerprint density at radius 2 is 2.21 bits per heavy atom. The highest BCUT2D eigenvalue weighted by molar-refractivity contribution is 6.31. The highest BCUT2D eigenvalue weighted by atomic mass is 35.5. The maximum atomic E-state index is 7.04. The molecule has 0 saturated heterocycles. The van der Waals surface area contributed by atoms with E-state index in [-0.39, 0.29) is 0 Å². The Morgan fingerprint density at radius 1 is 1.42 bits per heavy atom. The van der Waals surface area contributed by atoms with Crippen molar-refractivity contribution in [2.24, 2.45) is 5.92 Å². The van der Waals surface area contributed by atoms with Gasteiger partial charge in [-0.05, 0) is 17.0 Å². The summed E-state index contributed by atoms with van der Waals surface area (Å²) < 4.78 is 1.95. The lowest BCUT2D eigenvalue weighted by atomic mass is 10.1. The van der Waals surface area contributed by atoms with Gasteiger partial charge in [0.05, 0.1) is 12.8 Å². The zero-order valence-electron chi connectivity index (χ0n) is 11.1. The van der Waals surface area contributed by atoms with Crippen LogP contribution in [0.15, 0.2) is 30.6 Å². The summed E-state index contributed by atoms with van der Waals surface area (Å²) in [5, 5.41) is 5.04. The topological polar surface area (TPSA) is 22.2 Å². The first-order chi connectivity index (χ1) is 9.08. The zero-order chi connectivity index (χ0) is 13.8. The molecule has 4 heteroatoms.